The van der Waals surface area contributed by atoms with Crippen molar-refractivity contribution in [2.45, 2.75) is 19.9 Å². The number of aryl methyl sites for hydroxylation is 1. The van der Waals surface area contributed by atoms with E-state index in [1.165, 1.54) is 0 Å². The SMILES string of the molecule is Cc1cc(C(C)N2CCN(C)CC2)no1. The van der Waals surface area contributed by atoms with Crippen LogP contribution in [0.1, 0.15) is 24.4 Å². The molecule has 0 spiro atoms. The van der Waals surface area contributed by atoms with E-state index in [2.05, 4.69) is 28.9 Å². The van der Waals surface area contributed by atoms with Gasteiger partial charge in [-0.1, -0.05) is 5.16 Å². The van der Waals surface area contributed by atoms with Crippen LogP contribution in [0.3, 0.4) is 0 Å². The first-order chi connectivity index (χ1) is 7.16. The van der Waals surface area contributed by atoms with Gasteiger partial charge in [-0.05, 0) is 20.9 Å². The molecule has 1 aliphatic rings. The average molecular weight is 209 g/mol. The maximum Gasteiger partial charge on any atom is 0.133 e. The third kappa shape index (κ3) is 2.38. The molecule has 0 N–H and O–H groups in total. The Balaban J connectivity index is 1.99. The predicted molar refractivity (Wildman–Crippen MR) is 58.7 cm³/mol. The number of hydrogen-bond donors (Lipinski definition) is 0. The van der Waals surface area contributed by atoms with Gasteiger partial charge < -0.3 is 9.42 Å². The van der Waals surface area contributed by atoms with Crippen molar-refractivity contribution in [2.75, 3.05) is 33.2 Å². The van der Waals surface area contributed by atoms with E-state index in [0.29, 0.717) is 6.04 Å². The van der Waals surface area contributed by atoms with Crippen molar-refractivity contribution in [3.05, 3.63) is 17.5 Å². The fourth-order valence-electron chi connectivity index (χ4n) is 1.98. The van der Waals surface area contributed by atoms with Gasteiger partial charge in [0.25, 0.3) is 0 Å². The molecule has 0 bridgehead atoms. The zero-order valence-electron chi connectivity index (χ0n) is 9.73. The summed E-state index contributed by atoms with van der Waals surface area (Å²) in [6, 6.07) is 2.40. The molecule has 2 heterocycles. The van der Waals surface area contributed by atoms with E-state index in [1.54, 1.807) is 0 Å². The lowest BCUT2D eigenvalue weighted by molar-refractivity contribution is 0.115. The molecular weight excluding hydrogens is 190 g/mol. The largest absolute Gasteiger partial charge is 0.361 e. The average Bonchev–Trinajstić information content (AvgIpc) is 2.65. The number of piperazine rings is 1. The smallest absolute Gasteiger partial charge is 0.133 e. The number of aromatic nitrogens is 1. The number of rotatable bonds is 2. The van der Waals surface area contributed by atoms with Gasteiger partial charge in [-0.3, -0.25) is 4.90 Å². The fourth-order valence-corrected chi connectivity index (χ4v) is 1.98. The van der Waals surface area contributed by atoms with E-state index < -0.39 is 0 Å². The fraction of sp³-hybridized carbons (Fsp3) is 0.727. The summed E-state index contributed by atoms with van der Waals surface area (Å²) in [5, 5.41) is 4.08. The number of hydrogen-bond acceptors (Lipinski definition) is 4. The number of likely N-dealkylation sites (N-methyl/N-ethyl adjacent to an activating group) is 1. The highest BCUT2D eigenvalue weighted by molar-refractivity contribution is 5.08. The van der Waals surface area contributed by atoms with Crippen LogP contribution in [-0.4, -0.2) is 48.2 Å². The van der Waals surface area contributed by atoms with Gasteiger partial charge in [-0.15, -0.1) is 0 Å². The van der Waals surface area contributed by atoms with Gasteiger partial charge in [0.2, 0.25) is 0 Å². The van der Waals surface area contributed by atoms with Crippen molar-refractivity contribution < 1.29 is 4.52 Å². The zero-order chi connectivity index (χ0) is 10.8. The molecular formula is C11H19N3O. The second kappa shape index (κ2) is 4.33. The quantitative estimate of drug-likeness (QED) is 0.735. The standard InChI is InChI=1S/C11H19N3O/c1-9-8-11(12-15-9)10(2)14-6-4-13(3)5-7-14/h8,10H,4-7H2,1-3H3. The van der Waals surface area contributed by atoms with Gasteiger partial charge in [0.05, 0.1) is 6.04 Å². The van der Waals surface area contributed by atoms with E-state index >= 15 is 0 Å². The Morgan fingerprint density at radius 2 is 2.00 bits per heavy atom. The number of nitrogens with zero attached hydrogens (tertiary/aromatic N) is 3. The summed E-state index contributed by atoms with van der Waals surface area (Å²) in [5.74, 6) is 0.894. The minimum absolute atomic E-state index is 0.371. The maximum absolute atomic E-state index is 5.11. The normalized spacial score (nSPS) is 21.8. The van der Waals surface area contributed by atoms with Crippen LogP contribution in [0.2, 0.25) is 0 Å². The molecule has 84 valence electrons. The predicted octanol–water partition coefficient (Wildman–Crippen LogP) is 1.29. The van der Waals surface area contributed by atoms with Gasteiger partial charge in [-0.2, -0.15) is 0 Å². The van der Waals surface area contributed by atoms with Crippen molar-refractivity contribution in [1.82, 2.24) is 15.0 Å². The second-order valence-corrected chi connectivity index (χ2v) is 4.38. The maximum atomic E-state index is 5.11. The van der Waals surface area contributed by atoms with Crippen molar-refractivity contribution >= 4 is 0 Å². The Bertz CT molecular complexity index is 315. The summed E-state index contributed by atoms with van der Waals surface area (Å²) in [5.41, 5.74) is 1.05. The van der Waals surface area contributed by atoms with E-state index in [-0.39, 0.29) is 0 Å². The molecule has 0 radical (unpaired) electrons. The molecule has 1 atom stereocenters. The van der Waals surface area contributed by atoms with Gasteiger partial charge in [-0.25, -0.2) is 0 Å². The lowest BCUT2D eigenvalue weighted by atomic mass is 10.1. The highest BCUT2D eigenvalue weighted by Crippen LogP contribution is 2.20. The molecule has 4 nitrogen and oxygen atoms in total. The molecule has 1 aromatic heterocycles. The molecule has 15 heavy (non-hydrogen) atoms. The third-order valence-electron chi connectivity index (χ3n) is 3.16. The van der Waals surface area contributed by atoms with E-state index in [0.717, 1.165) is 37.6 Å². The van der Waals surface area contributed by atoms with E-state index in [4.69, 9.17) is 4.52 Å². The summed E-state index contributed by atoms with van der Waals surface area (Å²) in [6.45, 7) is 8.64. The molecule has 4 heteroatoms. The van der Waals surface area contributed by atoms with E-state index in [1.807, 2.05) is 13.0 Å². The van der Waals surface area contributed by atoms with Crippen LogP contribution in [0.25, 0.3) is 0 Å². The van der Waals surface area contributed by atoms with Crippen LogP contribution < -0.4 is 0 Å². The Morgan fingerprint density at radius 3 is 2.53 bits per heavy atom. The highest BCUT2D eigenvalue weighted by atomic mass is 16.5. The summed E-state index contributed by atoms with van der Waals surface area (Å²) in [7, 11) is 2.17. The minimum atomic E-state index is 0.371. The van der Waals surface area contributed by atoms with Crippen molar-refractivity contribution in [1.29, 1.82) is 0 Å². The Labute approximate surface area is 90.8 Å². The summed E-state index contributed by atoms with van der Waals surface area (Å²) < 4.78 is 5.11. The van der Waals surface area contributed by atoms with Crippen molar-refractivity contribution in [2.24, 2.45) is 0 Å². The first-order valence-corrected chi connectivity index (χ1v) is 5.52. The van der Waals surface area contributed by atoms with Crippen molar-refractivity contribution in [3.63, 3.8) is 0 Å². The van der Waals surface area contributed by atoms with Crippen LogP contribution in [0.4, 0.5) is 0 Å². The first-order valence-electron chi connectivity index (χ1n) is 5.52. The van der Waals surface area contributed by atoms with E-state index in [9.17, 15) is 0 Å². The molecule has 1 fully saturated rings. The summed E-state index contributed by atoms with van der Waals surface area (Å²) in [4.78, 5) is 4.81. The van der Waals surface area contributed by atoms with Crippen molar-refractivity contribution in [3.8, 4) is 0 Å². The van der Waals surface area contributed by atoms with Crippen LogP contribution in [-0.2, 0) is 0 Å². The Kier molecular flexibility index (Phi) is 3.07. The van der Waals surface area contributed by atoms with Gasteiger partial charge >= 0.3 is 0 Å². The topological polar surface area (TPSA) is 32.5 Å². The molecule has 2 rings (SSSR count). The highest BCUT2D eigenvalue weighted by Gasteiger charge is 2.22. The summed E-state index contributed by atoms with van der Waals surface area (Å²) >= 11 is 0. The minimum Gasteiger partial charge on any atom is -0.361 e. The Hall–Kier alpha value is -0.870. The van der Waals surface area contributed by atoms with Crippen LogP contribution in [0.5, 0.6) is 0 Å². The van der Waals surface area contributed by atoms with Crippen LogP contribution >= 0.6 is 0 Å². The molecule has 0 amide bonds. The lowest BCUT2D eigenvalue weighted by Crippen LogP contribution is -2.45. The monoisotopic (exact) mass is 209 g/mol. The first kappa shape index (κ1) is 10.6. The summed E-state index contributed by atoms with van der Waals surface area (Å²) in [6.07, 6.45) is 0. The molecule has 0 aliphatic carbocycles. The van der Waals surface area contributed by atoms with Gasteiger partial charge in [0.15, 0.2) is 0 Å². The molecule has 1 unspecified atom stereocenters. The van der Waals surface area contributed by atoms with Gasteiger partial charge in [0.1, 0.15) is 11.5 Å². The molecule has 0 aromatic carbocycles. The molecule has 1 aliphatic heterocycles. The second-order valence-electron chi connectivity index (χ2n) is 4.38. The molecule has 1 aromatic rings. The molecule has 0 saturated carbocycles. The lowest BCUT2D eigenvalue weighted by Gasteiger charge is -2.35. The van der Waals surface area contributed by atoms with Crippen LogP contribution in [0, 0.1) is 6.92 Å². The van der Waals surface area contributed by atoms with Crippen LogP contribution in [0.15, 0.2) is 10.6 Å². The third-order valence-corrected chi connectivity index (χ3v) is 3.16. The Morgan fingerprint density at radius 1 is 1.33 bits per heavy atom. The molecule has 1 saturated heterocycles. The zero-order valence-corrected chi connectivity index (χ0v) is 9.73. The van der Waals surface area contributed by atoms with Gasteiger partial charge in [0, 0.05) is 32.2 Å².